The molecule has 1 fully saturated rings. The number of nitrogens with one attached hydrogen (secondary N) is 4. The minimum absolute atomic E-state index is 0.0458. The minimum Gasteiger partial charge on any atom is -0.469 e. The van der Waals surface area contributed by atoms with Crippen LogP contribution in [0.4, 0.5) is 4.79 Å². The predicted molar refractivity (Wildman–Crippen MR) is 137 cm³/mol. The van der Waals surface area contributed by atoms with Gasteiger partial charge in [-0.25, -0.2) is 4.79 Å². The van der Waals surface area contributed by atoms with Crippen molar-refractivity contribution in [3.63, 3.8) is 0 Å². The van der Waals surface area contributed by atoms with Crippen molar-refractivity contribution in [2.45, 2.75) is 57.8 Å². The number of carbonyl (C=O) groups excluding carboxylic acids is 4. The Labute approximate surface area is 221 Å². The molecule has 11 nitrogen and oxygen atoms in total. The van der Waals surface area contributed by atoms with Gasteiger partial charge in [0.2, 0.25) is 17.7 Å². The Kier molecular flexibility index (Phi) is 10.7. The normalized spacial score (nSPS) is 17.3. The van der Waals surface area contributed by atoms with Gasteiger partial charge in [-0.15, -0.1) is 0 Å². The highest BCUT2D eigenvalue weighted by Gasteiger charge is 2.32. The van der Waals surface area contributed by atoms with Crippen molar-refractivity contribution < 1.29 is 33.4 Å². The fourth-order valence-corrected chi connectivity index (χ4v) is 4.22. The first-order valence-corrected chi connectivity index (χ1v) is 12.8. The highest BCUT2D eigenvalue weighted by molar-refractivity contribution is 5.91. The van der Waals surface area contributed by atoms with Gasteiger partial charge in [0, 0.05) is 18.9 Å². The number of rotatable bonds is 13. The van der Waals surface area contributed by atoms with Crippen LogP contribution in [-0.4, -0.2) is 60.2 Å². The molecule has 38 heavy (non-hydrogen) atoms. The SMILES string of the molecule is CC(C)[C@H](NC(=O)OCc1ccccc1)C(=O)N[C@@H](Cc1ccco1)C(=O)N[C@H](CO)C[C@@H]1CCNC1=O. The fourth-order valence-electron chi connectivity index (χ4n) is 4.22. The third kappa shape index (κ3) is 8.62. The molecule has 206 valence electrons. The standard InChI is InChI=1S/C27H36N4O7/c1-17(2)23(31-27(36)38-16-18-7-4-3-5-8-18)26(35)30-22(14-21-9-6-12-37-21)25(34)29-20(15-32)13-19-10-11-28-24(19)33/h3-9,12,17,19-20,22-23,32H,10-11,13-16H2,1-2H3,(H,28,33)(H,29,34)(H,30,35)(H,31,36)/t19-,20-,22-,23-/m0/s1. The molecule has 1 saturated heterocycles. The number of alkyl carbamates (subject to hydrolysis) is 1. The molecular weight excluding hydrogens is 492 g/mol. The summed E-state index contributed by atoms with van der Waals surface area (Å²) in [4.78, 5) is 50.8. The molecule has 11 heteroatoms. The van der Waals surface area contributed by atoms with Crippen molar-refractivity contribution in [2.75, 3.05) is 13.2 Å². The van der Waals surface area contributed by atoms with Gasteiger partial charge in [0.1, 0.15) is 24.5 Å². The van der Waals surface area contributed by atoms with E-state index in [-0.39, 0.29) is 43.8 Å². The van der Waals surface area contributed by atoms with E-state index in [0.29, 0.717) is 18.7 Å². The molecule has 1 aromatic carbocycles. The summed E-state index contributed by atoms with van der Waals surface area (Å²) >= 11 is 0. The Morgan fingerprint density at radius 3 is 2.45 bits per heavy atom. The summed E-state index contributed by atoms with van der Waals surface area (Å²) in [6.07, 6.45) is 1.65. The number of aliphatic hydroxyl groups is 1. The third-order valence-corrected chi connectivity index (χ3v) is 6.35. The summed E-state index contributed by atoms with van der Waals surface area (Å²) in [7, 11) is 0. The van der Waals surface area contributed by atoms with Crippen LogP contribution in [0.5, 0.6) is 0 Å². The molecule has 0 aliphatic carbocycles. The summed E-state index contributed by atoms with van der Waals surface area (Å²) < 4.78 is 10.6. The van der Waals surface area contributed by atoms with Crippen LogP contribution < -0.4 is 21.3 Å². The number of amides is 4. The number of hydrogen-bond donors (Lipinski definition) is 5. The van der Waals surface area contributed by atoms with E-state index in [1.807, 2.05) is 30.3 Å². The van der Waals surface area contributed by atoms with Gasteiger partial charge in [-0.05, 0) is 36.5 Å². The van der Waals surface area contributed by atoms with Crippen LogP contribution in [0.25, 0.3) is 0 Å². The van der Waals surface area contributed by atoms with Gasteiger partial charge in [-0.1, -0.05) is 44.2 Å². The Morgan fingerprint density at radius 1 is 1.08 bits per heavy atom. The molecule has 3 rings (SSSR count). The molecule has 0 unspecified atom stereocenters. The van der Waals surface area contributed by atoms with Crippen molar-refractivity contribution in [3.05, 3.63) is 60.1 Å². The van der Waals surface area contributed by atoms with Gasteiger partial charge in [-0.2, -0.15) is 0 Å². The number of ether oxygens (including phenoxy) is 1. The molecule has 2 aromatic rings. The maximum absolute atomic E-state index is 13.2. The first-order chi connectivity index (χ1) is 18.3. The summed E-state index contributed by atoms with van der Waals surface area (Å²) in [5.41, 5.74) is 0.803. The Balaban J connectivity index is 1.64. The molecule has 0 spiro atoms. The van der Waals surface area contributed by atoms with Gasteiger partial charge in [0.25, 0.3) is 0 Å². The molecule has 1 aromatic heterocycles. The molecule has 5 N–H and O–H groups in total. The number of hydrogen-bond acceptors (Lipinski definition) is 7. The largest absolute Gasteiger partial charge is 0.469 e. The zero-order chi connectivity index (χ0) is 27.5. The molecule has 4 atom stereocenters. The average Bonchev–Trinajstić information content (AvgIpc) is 3.57. The molecule has 0 radical (unpaired) electrons. The molecule has 0 saturated carbocycles. The Bertz CT molecular complexity index is 1060. The van der Waals surface area contributed by atoms with Gasteiger partial charge in [0.05, 0.1) is 18.9 Å². The van der Waals surface area contributed by atoms with Crippen molar-refractivity contribution in [3.8, 4) is 0 Å². The third-order valence-electron chi connectivity index (χ3n) is 6.35. The van der Waals surface area contributed by atoms with Gasteiger partial charge in [0.15, 0.2) is 0 Å². The molecular formula is C27H36N4O7. The topological polar surface area (TPSA) is 159 Å². The molecule has 0 bridgehead atoms. The summed E-state index contributed by atoms with van der Waals surface area (Å²) in [5.74, 6) is -1.36. The van der Waals surface area contributed by atoms with E-state index >= 15 is 0 Å². The maximum Gasteiger partial charge on any atom is 0.408 e. The lowest BCUT2D eigenvalue weighted by Gasteiger charge is -2.26. The number of furan rings is 1. The van der Waals surface area contributed by atoms with Crippen molar-refractivity contribution in [1.82, 2.24) is 21.3 Å². The van der Waals surface area contributed by atoms with Crippen LogP contribution in [0.15, 0.2) is 53.1 Å². The van der Waals surface area contributed by atoms with Crippen LogP contribution in [0.1, 0.15) is 38.0 Å². The van der Waals surface area contributed by atoms with Gasteiger partial charge >= 0.3 is 6.09 Å². The summed E-state index contributed by atoms with van der Waals surface area (Å²) in [6, 6.07) is 9.80. The van der Waals surface area contributed by atoms with E-state index in [1.165, 1.54) is 6.26 Å². The van der Waals surface area contributed by atoms with E-state index < -0.39 is 36.0 Å². The number of benzene rings is 1. The maximum atomic E-state index is 13.2. The fraction of sp³-hybridized carbons (Fsp3) is 0.481. The summed E-state index contributed by atoms with van der Waals surface area (Å²) in [6.45, 7) is 3.77. The van der Waals surface area contributed by atoms with Gasteiger partial charge in [-0.3, -0.25) is 14.4 Å². The van der Waals surface area contributed by atoms with E-state index in [9.17, 15) is 24.3 Å². The van der Waals surface area contributed by atoms with Gasteiger partial charge < -0.3 is 35.5 Å². The Hall–Kier alpha value is -3.86. The predicted octanol–water partition coefficient (Wildman–Crippen LogP) is 1.26. The average molecular weight is 529 g/mol. The lowest BCUT2D eigenvalue weighted by molar-refractivity contribution is -0.131. The molecule has 1 aliphatic heterocycles. The van der Waals surface area contributed by atoms with E-state index in [2.05, 4.69) is 21.3 Å². The highest BCUT2D eigenvalue weighted by Crippen LogP contribution is 2.16. The Morgan fingerprint density at radius 2 is 1.84 bits per heavy atom. The lowest BCUT2D eigenvalue weighted by Crippen LogP contribution is -2.57. The lowest BCUT2D eigenvalue weighted by atomic mass is 9.98. The summed E-state index contributed by atoms with van der Waals surface area (Å²) in [5, 5.41) is 20.6. The van der Waals surface area contributed by atoms with Crippen LogP contribution in [0.3, 0.4) is 0 Å². The second-order valence-corrected chi connectivity index (χ2v) is 9.67. The molecule has 2 heterocycles. The molecule has 1 aliphatic rings. The second kappa shape index (κ2) is 14.2. The second-order valence-electron chi connectivity index (χ2n) is 9.67. The highest BCUT2D eigenvalue weighted by atomic mass is 16.5. The number of carbonyl (C=O) groups is 4. The first kappa shape index (κ1) is 28.7. The smallest absolute Gasteiger partial charge is 0.408 e. The van der Waals surface area contributed by atoms with Crippen LogP contribution >= 0.6 is 0 Å². The number of aliphatic hydroxyl groups excluding tert-OH is 1. The van der Waals surface area contributed by atoms with Crippen LogP contribution in [0, 0.1) is 11.8 Å². The van der Waals surface area contributed by atoms with E-state index in [1.54, 1.807) is 26.0 Å². The first-order valence-electron chi connectivity index (χ1n) is 12.8. The van der Waals surface area contributed by atoms with Crippen LogP contribution in [-0.2, 0) is 32.1 Å². The van der Waals surface area contributed by atoms with Crippen molar-refractivity contribution in [2.24, 2.45) is 11.8 Å². The quantitative estimate of drug-likeness (QED) is 0.262. The minimum atomic E-state index is -1.05. The zero-order valence-electron chi connectivity index (χ0n) is 21.6. The monoisotopic (exact) mass is 528 g/mol. The molecule has 4 amide bonds. The van der Waals surface area contributed by atoms with Crippen molar-refractivity contribution >= 4 is 23.8 Å². The van der Waals surface area contributed by atoms with E-state index in [4.69, 9.17) is 9.15 Å². The van der Waals surface area contributed by atoms with Crippen molar-refractivity contribution in [1.29, 1.82) is 0 Å². The van der Waals surface area contributed by atoms with E-state index in [0.717, 1.165) is 5.56 Å². The van der Waals surface area contributed by atoms with Crippen LogP contribution in [0.2, 0.25) is 0 Å². The zero-order valence-corrected chi connectivity index (χ0v) is 21.6.